The monoisotopic (exact) mass is 195 g/mol. The van der Waals surface area contributed by atoms with Gasteiger partial charge in [0.15, 0.2) is 11.6 Å². The summed E-state index contributed by atoms with van der Waals surface area (Å²) in [5.41, 5.74) is 6.08. The van der Waals surface area contributed by atoms with Crippen molar-refractivity contribution in [2.75, 3.05) is 13.2 Å². The van der Waals surface area contributed by atoms with Crippen LogP contribution in [0.25, 0.3) is 6.08 Å². The Labute approximate surface area is 83.2 Å². The first-order valence-electron chi connectivity index (χ1n) is 4.57. The Morgan fingerprint density at radius 2 is 2.29 bits per heavy atom. The molecule has 1 aromatic carbocycles. The van der Waals surface area contributed by atoms with Crippen LogP contribution in [0, 0.1) is 5.82 Å². The highest BCUT2D eigenvalue weighted by molar-refractivity contribution is 5.51. The van der Waals surface area contributed by atoms with E-state index in [-0.39, 0.29) is 11.6 Å². The van der Waals surface area contributed by atoms with Crippen LogP contribution in [0.2, 0.25) is 0 Å². The van der Waals surface area contributed by atoms with Crippen molar-refractivity contribution in [3.05, 3.63) is 35.7 Å². The van der Waals surface area contributed by atoms with E-state index in [2.05, 4.69) is 0 Å². The molecule has 0 aromatic heterocycles. The predicted molar refractivity (Wildman–Crippen MR) is 55.7 cm³/mol. The van der Waals surface area contributed by atoms with Gasteiger partial charge in [0.1, 0.15) is 0 Å². The lowest BCUT2D eigenvalue weighted by atomic mass is 10.2. The molecule has 76 valence electrons. The summed E-state index contributed by atoms with van der Waals surface area (Å²) in [5.74, 6) is -0.0524. The number of hydrogen-bond donors (Lipinski definition) is 1. The number of rotatable bonds is 4. The molecule has 0 heterocycles. The Bertz CT molecular complexity index is 323. The van der Waals surface area contributed by atoms with Crippen molar-refractivity contribution in [2.45, 2.75) is 6.92 Å². The van der Waals surface area contributed by atoms with Gasteiger partial charge < -0.3 is 10.5 Å². The average Bonchev–Trinajstić information content (AvgIpc) is 2.19. The molecule has 0 aliphatic heterocycles. The lowest BCUT2D eigenvalue weighted by Crippen LogP contribution is -1.95. The Morgan fingerprint density at radius 3 is 2.86 bits per heavy atom. The summed E-state index contributed by atoms with van der Waals surface area (Å²) in [5, 5.41) is 0. The molecule has 2 nitrogen and oxygen atoms in total. The third-order valence-corrected chi connectivity index (χ3v) is 1.70. The summed E-state index contributed by atoms with van der Waals surface area (Å²) in [6.45, 7) is 2.74. The maximum atomic E-state index is 13.3. The van der Waals surface area contributed by atoms with Gasteiger partial charge in [0.2, 0.25) is 0 Å². The topological polar surface area (TPSA) is 35.2 Å². The largest absolute Gasteiger partial charge is 0.491 e. The fourth-order valence-electron chi connectivity index (χ4n) is 1.10. The van der Waals surface area contributed by atoms with E-state index in [0.29, 0.717) is 13.2 Å². The van der Waals surface area contributed by atoms with Gasteiger partial charge in [-0.3, -0.25) is 0 Å². The van der Waals surface area contributed by atoms with E-state index in [1.54, 1.807) is 24.3 Å². The van der Waals surface area contributed by atoms with E-state index >= 15 is 0 Å². The van der Waals surface area contributed by atoms with Crippen molar-refractivity contribution in [2.24, 2.45) is 5.73 Å². The fraction of sp³-hybridized carbons (Fsp3) is 0.273. The minimum atomic E-state index is -0.342. The minimum absolute atomic E-state index is 0.289. The van der Waals surface area contributed by atoms with Crippen LogP contribution in [0.3, 0.4) is 0 Å². The quantitative estimate of drug-likeness (QED) is 0.799. The standard InChI is InChI=1S/C11H14FNO/c1-2-14-11-6-5-9(4-3-7-13)8-10(11)12/h3-6,8H,2,7,13H2,1H3/b4-3+. The first-order chi connectivity index (χ1) is 6.77. The minimum Gasteiger partial charge on any atom is -0.491 e. The summed E-state index contributed by atoms with van der Waals surface area (Å²) in [7, 11) is 0. The molecule has 3 heteroatoms. The van der Waals surface area contributed by atoms with Crippen molar-refractivity contribution >= 4 is 6.08 Å². The van der Waals surface area contributed by atoms with Gasteiger partial charge in [-0.25, -0.2) is 4.39 Å². The molecule has 0 aliphatic carbocycles. The van der Waals surface area contributed by atoms with E-state index < -0.39 is 0 Å². The fourth-order valence-corrected chi connectivity index (χ4v) is 1.10. The van der Waals surface area contributed by atoms with Gasteiger partial charge >= 0.3 is 0 Å². The van der Waals surface area contributed by atoms with Gasteiger partial charge in [-0.15, -0.1) is 0 Å². The second kappa shape index (κ2) is 5.40. The van der Waals surface area contributed by atoms with Crippen molar-refractivity contribution in [3.63, 3.8) is 0 Å². The Hall–Kier alpha value is -1.35. The molecule has 1 rings (SSSR count). The summed E-state index contributed by atoms with van der Waals surface area (Å²) < 4.78 is 18.3. The zero-order valence-corrected chi connectivity index (χ0v) is 8.16. The van der Waals surface area contributed by atoms with Gasteiger partial charge in [0, 0.05) is 6.54 Å². The van der Waals surface area contributed by atoms with E-state index in [1.165, 1.54) is 6.07 Å². The Balaban J connectivity index is 2.83. The summed E-state index contributed by atoms with van der Waals surface area (Å²) >= 11 is 0. The average molecular weight is 195 g/mol. The van der Waals surface area contributed by atoms with Gasteiger partial charge in [-0.05, 0) is 24.6 Å². The molecule has 0 fully saturated rings. The van der Waals surface area contributed by atoms with E-state index in [4.69, 9.17) is 10.5 Å². The smallest absolute Gasteiger partial charge is 0.165 e. The third kappa shape index (κ3) is 2.85. The first-order valence-corrected chi connectivity index (χ1v) is 4.57. The molecule has 14 heavy (non-hydrogen) atoms. The number of benzene rings is 1. The third-order valence-electron chi connectivity index (χ3n) is 1.70. The molecule has 0 spiro atoms. The van der Waals surface area contributed by atoms with E-state index in [0.717, 1.165) is 5.56 Å². The number of nitrogens with two attached hydrogens (primary N) is 1. The molecule has 0 bridgehead atoms. The van der Waals surface area contributed by atoms with Gasteiger partial charge in [-0.1, -0.05) is 18.2 Å². The molecular formula is C11H14FNO. The summed E-state index contributed by atoms with van der Waals surface area (Å²) in [4.78, 5) is 0. The van der Waals surface area contributed by atoms with Crippen LogP contribution in [0.15, 0.2) is 24.3 Å². The number of halogens is 1. The molecule has 1 aromatic rings. The SMILES string of the molecule is CCOc1ccc(/C=C/CN)cc1F. The first kappa shape index (κ1) is 10.7. The summed E-state index contributed by atoms with van der Waals surface area (Å²) in [6, 6.07) is 4.84. The molecule has 0 unspecified atom stereocenters. The number of hydrogen-bond acceptors (Lipinski definition) is 2. The van der Waals surface area contributed by atoms with E-state index in [1.807, 2.05) is 6.92 Å². The van der Waals surface area contributed by atoms with E-state index in [9.17, 15) is 4.39 Å². The molecule has 0 amide bonds. The van der Waals surface area contributed by atoms with Crippen LogP contribution in [0.5, 0.6) is 5.75 Å². The maximum absolute atomic E-state index is 13.3. The lowest BCUT2D eigenvalue weighted by molar-refractivity contribution is 0.321. The second-order valence-electron chi connectivity index (χ2n) is 2.76. The second-order valence-corrected chi connectivity index (χ2v) is 2.76. The van der Waals surface area contributed by atoms with Crippen LogP contribution in [-0.2, 0) is 0 Å². The van der Waals surface area contributed by atoms with Crippen LogP contribution < -0.4 is 10.5 Å². The summed E-state index contributed by atoms with van der Waals surface area (Å²) in [6.07, 6.45) is 3.55. The zero-order chi connectivity index (χ0) is 10.4. The predicted octanol–water partition coefficient (Wildman–Crippen LogP) is 2.20. The highest BCUT2D eigenvalue weighted by atomic mass is 19.1. The normalized spacial score (nSPS) is 10.8. The van der Waals surface area contributed by atoms with Gasteiger partial charge in [0.25, 0.3) is 0 Å². The molecule has 2 N–H and O–H groups in total. The highest BCUT2D eigenvalue weighted by Gasteiger charge is 2.01. The lowest BCUT2D eigenvalue weighted by Gasteiger charge is -2.04. The highest BCUT2D eigenvalue weighted by Crippen LogP contribution is 2.18. The molecular weight excluding hydrogens is 181 g/mol. The Kier molecular flexibility index (Phi) is 4.13. The maximum Gasteiger partial charge on any atom is 0.165 e. The van der Waals surface area contributed by atoms with Crippen molar-refractivity contribution in [1.82, 2.24) is 0 Å². The molecule has 0 atom stereocenters. The molecule has 0 aliphatic rings. The van der Waals surface area contributed by atoms with Gasteiger partial charge in [-0.2, -0.15) is 0 Å². The van der Waals surface area contributed by atoms with Crippen molar-refractivity contribution in [3.8, 4) is 5.75 Å². The van der Waals surface area contributed by atoms with Crippen LogP contribution in [0.4, 0.5) is 4.39 Å². The van der Waals surface area contributed by atoms with Crippen molar-refractivity contribution < 1.29 is 9.13 Å². The zero-order valence-electron chi connectivity index (χ0n) is 8.16. The van der Waals surface area contributed by atoms with Crippen LogP contribution in [0.1, 0.15) is 12.5 Å². The molecule has 0 saturated heterocycles. The van der Waals surface area contributed by atoms with Crippen molar-refractivity contribution in [1.29, 1.82) is 0 Å². The van der Waals surface area contributed by atoms with Gasteiger partial charge in [0.05, 0.1) is 6.61 Å². The molecule has 0 saturated carbocycles. The molecule has 0 radical (unpaired) electrons. The Morgan fingerprint density at radius 1 is 1.50 bits per heavy atom. The number of ether oxygens (including phenoxy) is 1. The van der Waals surface area contributed by atoms with Crippen LogP contribution in [-0.4, -0.2) is 13.2 Å². The van der Waals surface area contributed by atoms with Crippen LogP contribution >= 0.6 is 0 Å².